The lowest BCUT2D eigenvalue weighted by atomic mass is 10.2. The standard InChI is InChI=1S/C17H17N3O5/c1-10-7-14(25-20-10)17(23)24-9-15(21)18-13-4-2-3-11(8-13)16(22)19-12-5-6-12/h2-4,7-8,12H,5-6,9H2,1H3,(H,18,21)(H,19,22). The third-order valence-electron chi connectivity index (χ3n) is 3.48. The van der Waals surface area contributed by atoms with Crippen LogP contribution in [0.2, 0.25) is 0 Å². The van der Waals surface area contributed by atoms with E-state index < -0.39 is 18.5 Å². The fraction of sp³-hybridized carbons (Fsp3) is 0.294. The van der Waals surface area contributed by atoms with E-state index in [1.54, 1.807) is 31.2 Å². The summed E-state index contributed by atoms with van der Waals surface area (Å²) in [5.74, 6) is -1.53. The first kappa shape index (κ1) is 16.7. The van der Waals surface area contributed by atoms with Crippen molar-refractivity contribution in [3.05, 3.63) is 47.3 Å². The Morgan fingerprint density at radius 1 is 1.28 bits per heavy atom. The van der Waals surface area contributed by atoms with Gasteiger partial charge in [0.1, 0.15) is 0 Å². The summed E-state index contributed by atoms with van der Waals surface area (Å²) in [6.07, 6.45) is 2.00. The summed E-state index contributed by atoms with van der Waals surface area (Å²) >= 11 is 0. The van der Waals surface area contributed by atoms with Crippen molar-refractivity contribution < 1.29 is 23.6 Å². The number of aryl methyl sites for hydroxylation is 1. The molecule has 3 rings (SSSR count). The molecule has 1 aliphatic carbocycles. The number of benzene rings is 1. The number of esters is 1. The van der Waals surface area contributed by atoms with Crippen LogP contribution in [0.15, 0.2) is 34.9 Å². The highest BCUT2D eigenvalue weighted by atomic mass is 16.6. The Kier molecular flexibility index (Phi) is 4.78. The third kappa shape index (κ3) is 4.66. The van der Waals surface area contributed by atoms with Gasteiger partial charge in [-0.25, -0.2) is 4.79 Å². The molecule has 0 radical (unpaired) electrons. The molecule has 1 aromatic heterocycles. The summed E-state index contributed by atoms with van der Waals surface area (Å²) in [5.41, 5.74) is 1.44. The quantitative estimate of drug-likeness (QED) is 0.772. The van der Waals surface area contributed by atoms with Gasteiger partial charge >= 0.3 is 5.97 Å². The molecular weight excluding hydrogens is 326 g/mol. The van der Waals surface area contributed by atoms with Crippen LogP contribution in [0, 0.1) is 6.92 Å². The minimum absolute atomic E-state index is 0.0657. The smallest absolute Gasteiger partial charge is 0.377 e. The van der Waals surface area contributed by atoms with Crippen molar-refractivity contribution >= 4 is 23.5 Å². The van der Waals surface area contributed by atoms with Crippen LogP contribution in [0.25, 0.3) is 0 Å². The molecule has 0 unspecified atom stereocenters. The third-order valence-corrected chi connectivity index (χ3v) is 3.48. The van der Waals surface area contributed by atoms with E-state index >= 15 is 0 Å². The highest BCUT2D eigenvalue weighted by Crippen LogP contribution is 2.20. The van der Waals surface area contributed by atoms with Gasteiger partial charge < -0.3 is 19.9 Å². The Bertz CT molecular complexity index is 810. The van der Waals surface area contributed by atoms with E-state index in [-0.39, 0.29) is 17.7 Å². The zero-order chi connectivity index (χ0) is 17.8. The summed E-state index contributed by atoms with van der Waals surface area (Å²) in [5, 5.41) is 9.02. The molecule has 0 aliphatic heterocycles. The van der Waals surface area contributed by atoms with Crippen molar-refractivity contribution in [1.82, 2.24) is 10.5 Å². The molecule has 1 fully saturated rings. The second-order valence-corrected chi connectivity index (χ2v) is 5.79. The van der Waals surface area contributed by atoms with Crippen molar-refractivity contribution in [1.29, 1.82) is 0 Å². The molecule has 2 amide bonds. The van der Waals surface area contributed by atoms with Gasteiger partial charge in [-0.2, -0.15) is 0 Å². The Hall–Kier alpha value is -3.16. The van der Waals surface area contributed by atoms with Crippen molar-refractivity contribution in [3.63, 3.8) is 0 Å². The van der Waals surface area contributed by atoms with E-state index in [2.05, 4.69) is 15.8 Å². The SMILES string of the molecule is Cc1cc(C(=O)OCC(=O)Nc2cccc(C(=O)NC3CC3)c2)on1. The van der Waals surface area contributed by atoms with Crippen LogP contribution in [0.4, 0.5) is 5.69 Å². The van der Waals surface area contributed by atoms with Gasteiger partial charge in [0.05, 0.1) is 5.69 Å². The van der Waals surface area contributed by atoms with E-state index in [1.165, 1.54) is 6.07 Å². The lowest BCUT2D eigenvalue weighted by molar-refractivity contribution is -0.119. The molecule has 25 heavy (non-hydrogen) atoms. The topological polar surface area (TPSA) is 111 Å². The lowest BCUT2D eigenvalue weighted by Crippen LogP contribution is -2.25. The van der Waals surface area contributed by atoms with Crippen LogP contribution in [-0.2, 0) is 9.53 Å². The summed E-state index contributed by atoms with van der Waals surface area (Å²) < 4.78 is 9.60. The highest BCUT2D eigenvalue weighted by molar-refractivity contribution is 5.98. The molecule has 2 N–H and O–H groups in total. The molecule has 1 aromatic carbocycles. The molecule has 0 spiro atoms. The van der Waals surface area contributed by atoms with E-state index in [0.717, 1.165) is 12.8 Å². The molecule has 0 bridgehead atoms. The van der Waals surface area contributed by atoms with Gasteiger partial charge in [-0.15, -0.1) is 0 Å². The molecule has 8 nitrogen and oxygen atoms in total. The number of nitrogens with zero attached hydrogens (tertiary/aromatic N) is 1. The summed E-state index contributed by atoms with van der Waals surface area (Å²) in [6.45, 7) is 1.19. The summed E-state index contributed by atoms with van der Waals surface area (Å²) in [6, 6.07) is 8.22. The molecule has 1 aliphatic rings. The van der Waals surface area contributed by atoms with Crippen molar-refractivity contribution in [3.8, 4) is 0 Å². The fourth-order valence-electron chi connectivity index (χ4n) is 2.09. The maximum atomic E-state index is 12.0. The zero-order valence-electron chi connectivity index (χ0n) is 13.6. The maximum absolute atomic E-state index is 12.0. The monoisotopic (exact) mass is 343 g/mol. The van der Waals surface area contributed by atoms with Crippen LogP contribution < -0.4 is 10.6 Å². The molecule has 8 heteroatoms. The minimum Gasteiger partial charge on any atom is -0.450 e. The van der Waals surface area contributed by atoms with Gasteiger partial charge in [-0.1, -0.05) is 11.2 Å². The van der Waals surface area contributed by atoms with Crippen LogP contribution in [0.1, 0.15) is 39.4 Å². The summed E-state index contributed by atoms with van der Waals surface area (Å²) in [4.78, 5) is 35.6. The number of hydrogen-bond acceptors (Lipinski definition) is 6. The van der Waals surface area contributed by atoms with Gasteiger partial charge in [0.25, 0.3) is 11.8 Å². The van der Waals surface area contributed by atoms with Gasteiger partial charge in [0.2, 0.25) is 5.76 Å². The molecule has 130 valence electrons. The number of nitrogens with one attached hydrogen (secondary N) is 2. The average molecular weight is 343 g/mol. The largest absolute Gasteiger partial charge is 0.450 e. The lowest BCUT2D eigenvalue weighted by Gasteiger charge is -2.08. The second-order valence-electron chi connectivity index (χ2n) is 5.79. The maximum Gasteiger partial charge on any atom is 0.377 e. The van der Waals surface area contributed by atoms with E-state index in [4.69, 9.17) is 9.26 Å². The van der Waals surface area contributed by atoms with Crippen molar-refractivity contribution in [2.24, 2.45) is 0 Å². The minimum atomic E-state index is -0.770. The number of carbonyl (C=O) groups is 3. The Morgan fingerprint density at radius 3 is 2.76 bits per heavy atom. The second kappa shape index (κ2) is 7.16. The number of hydrogen-bond donors (Lipinski definition) is 2. The van der Waals surface area contributed by atoms with Gasteiger partial charge in [0.15, 0.2) is 6.61 Å². The van der Waals surface area contributed by atoms with Crippen molar-refractivity contribution in [2.45, 2.75) is 25.8 Å². The molecule has 1 heterocycles. The normalized spacial score (nSPS) is 13.2. The fourth-order valence-corrected chi connectivity index (χ4v) is 2.09. The van der Waals surface area contributed by atoms with Gasteiger partial charge in [0, 0.05) is 23.4 Å². The number of carbonyl (C=O) groups excluding carboxylic acids is 3. The summed E-state index contributed by atoms with van der Waals surface area (Å²) in [7, 11) is 0. The molecule has 0 saturated heterocycles. The number of amides is 2. The van der Waals surface area contributed by atoms with Gasteiger partial charge in [-0.05, 0) is 38.0 Å². The predicted molar refractivity (Wildman–Crippen MR) is 87.1 cm³/mol. The first-order valence-corrected chi connectivity index (χ1v) is 7.82. The van der Waals surface area contributed by atoms with Crippen LogP contribution in [0.5, 0.6) is 0 Å². The van der Waals surface area contributed by atoms with Crippen LogP contribution in [-0.4, -0.2) is 35.6 Å². The van der Waals surface area contributed by atoms with Crippen LogP contribution >= 0.6 is 0 Å². The van der Waals surface area contributed by atoms with Gasteiger partial charge in [-0.3, -0.25) is 9.59 Å². The number of ether oxygens (including phenoxy) is 1. The Balaban J connectivity index is 1.52. The number of aromatic nitrogens is 1. The highest BCUT2D eigenvalue weighted by Gasteiger charge is 2.23. The van der Waals surface area contributed by atoms with Crippen LogP contribution in [0.3, 0.4) is 0 Å². The number of anilines is 1. The molecule has 0 atom stereocenters. The molecule has 1 saturated carbocycles. The van der Waals surface area contributed by atoms with E-state index in [9.17, 15) is 14.4 Å². The first-order valence-electron chi connectivity index (χ1n) is 7.82. The molecular formula is C17H17N3O5. The molecule has 2 aromatic rings. The first-order chi connectivity index (χ1) is 12.0. The predicted octanol–water partition coefficient (Wildman–Crippen LogP) is 1.67. The average Bonchev–Trinajstić information content (AvgIpc) is 3.30. The Labute approximate surface area is 143 Å². The van der Waals surface area contributed by atoms with E-state index in [0.29, 0.717) is 16.9 Å². The zero-order valence-corrected chi connectivity index (χ0v) is 13.6. The van der Waals surface area contributed by atoms with E-state index in [1.807, 2.05) is 0 Å². The number of rotatable bonds is 6. The van der Waals surface area contributed by atoms with Crippen molar-refractivity contribution in [2.75, 3.05) is 11.9 Å². The Morgan fingerprint density at radius 2 is 2.08 bits per heavy atom.